The number of aliphatic imine (C=N–C) groups is 1. The van der Waals surface area contributed by atoms with Crippen LogP contribution in [0.3, 0.4) is 0 Å². The second-order valence-electron chi connectivity index (χ2n) is 4.37. The number of guanidine groups is 1. The van der Waals surface area contributed by atoms with Gasteiger partial charge in [0.15, 0.2) is 5.96 Å². The fraction of sp³-hybridized carbons (Fsp3) is 0.462. The topological polar surface area (TPSA) is 60.1 Å². The molecule has 2 rings (SSSR count). The van der Waals surface area contributed by atoms with E-state index in [0.29, 0.717) is 26.3 Å². The molecule has 0 atom stereocenters. The quantitative estimate of drug-likeness (QED) is 0.677. The number of nitrogens with zero attached hydrogens (tertiary/aromatic N) is 2. The SMILES string of the molecule is NC(=NCc1c(F)cccc1OC(F)F)N1CCOCC1. The number of alkyl halides is 2. The maximum absolute atomic E-state index is 13.7. The molecule has 0 unspecified atom stereocenters. The van der Waals surface area contributed by atoms with Crippen molar-refractivity contribution in [3.63, 3.8) is 0 Å². The highest BCUT2D eigenvalue weighted by atomic mass is 19.3. The van der Waals surface area contributed by atoms with Crippen molar-refractivity contribution in [2.24, 2.45) is 10.7 Å². The van der Waals surface area contributed by atoms with Gasteiger partial charge in [0.05, 0.1) is 25.3 Å². The minimum Gasteiger partial charge on any atom is -0.434 e. The van der Waals surface area contributed by atoms with Gasteiger partial charge in [-0.05, 0) is 12.1 Å². The summed E-state index contributed by atoms with van der Waals surface area (Å²) < 4.78 is 47.8. The van der Waals surface area contributed by atoms with Crippen LogP contribution in [0, 0.1) is 5.82 Å². The Morgan fingerprint density at radius 1 is 1.38 bits per heavy atom. The summed E-state index contributed by atoms with van der Waals surface area (Å²) in [6.45, 7) is -0.936. The molecule has 1 aromatic carbocycles. The zero-order valence-corrected chi connectivity index (χ0v) is 11.3. The Hall–Kier alpha value is -1.96. The average Bonchev–Trinajstić information content (AvgIpc) is 2.46. The third kappa shape index (κ3) is 4.25. The lowest BCUT2D eigenvalue weighted by Gasteiger charge is -2.27. The maximum Gasteiger partial charge on any atom is 0.387 e. The van der Waals surface area contributed by atoms with Crippen molar-refractivity contribution in [2.45, 2.75) is 13.2 Å². The summed E-state index contributed by atoms with van der Waals surface area (Å²) in [7, 11) is 0. The van der Waals surface area contributed by atoms with E-state index in [2.05, 4.69) is 9.73 Å². The highest BCUT2D eigenvalue weighted by molar-refractivity contribution is 5.78. The number of rotatable bonds is 4. The van der Waals surface area contributed by atoms with Crippen LogP contribution >= 0.6 is 0 Å². The van der Waals surface area contributed by atoms with E-state index >= 15 is 0 Å². The standard InChI is InChI=1S/C13H16F3N3O2/c14-10-2-1-3-11(21-12(15)16)9(10)8-18-13(17)19-4-6-20-7-5-19/h1-3,12H,4-8H2,(H2,17,18). The smallest absolute Gasteiger partial charge is 0.387 e. The van der Waals surface area contributed by atoms with E-state index in [9.17, 15) is 13.2 Å². The second kappa shape index (κ2) is 7.16. The molecular formula is C13H16F3N3O2. The molecular weight excluding hydrogens is 287 g/mol. The van der Waals surface area contributed by atoms with Crippen LogP contribution in [0.15, 0.2) is 23.2 Å². The molecule has 1 aromatic rings. The lowest BCUT2D eigenvalue weighted by molar-refractivity contribution is -0.0506. The minimum absolute atomic E-state index is 0.0472. The maximum atomic E-state index is 13.7. The molecule has 0 spiro atoms. The first kappa shape index (κ1) is 15.4. The third-order valence-corrected chi connectivity index (χ3v) is 3.03. The molecule has 0 aliphatic carbocycles. The molecule has 0 bridgehead atoms. The van der Waals surface area contributed by atoms with Crippen LogP contribution in [0.25, 0.3) is 0 Å². The minimum atomic E-state index is -3.02. The Morgan fingerprint density at radius 3 is 2.76 bits per heavy atom. The number of nitrogens with two attached hydrogens (primary N) is 1. The lowest BCUT2D eigenvalue weighted by Crippen LogP contribution is -2.44. The van der Waals surface area contributed by atoms with Gasteiger partial charge in [-0.3, -0.25) is 0 Å². The van der Waals surface area contributed by atoms with E-state index < -0.39 is 12.4 Å². The van der Waals surface area contributed by atoms with Crippen LogP contribution in [0.5, 0.6) is 5.75 Å². The largest absolute Gasteiger partial charge is 0.434 e. The number of benzene rings is 1. The Bertz CT molecular complexity index is 505. The number of hydrogen-bond acceptors (Lipinski definition) is 3. The molecule has 0 amide bonds. The Kier molecular flexibility index (Phi) is 5.26. The van der Waals surface area contributed by atoms with Gasteiger partial charge < -0.3 is 20.1 Å². The van der Waals surface area contributed by atoms with Crippen molar-refractivity contribution in [3.05, 3.63) is 29.6 Å². The van der Waals surface area contributed by atoms with Crippen molar-refractivity contribution in [3.8, 4) is 5.75 Å². The number of ether oxygens (including phenoxy) is 2. The van der Waals surface area contributed by atoms with E-state index in [1.807, 2.05) is 0 Å². The van der Waals surface area contributed by atoms with E-state index in [-0.39, 0.29) is 23.8 Å². The van der Waals surface area contributed by atoms with Crippen LogP contribution in [-0.4, -0.2) is 43.8 Å². The molecule has 1 saturated heterocycles. The summed E-state index contributed by atoms with van der Waals surface area (Å²) in [5.74, 6) is -0.667. The summed E-state index contributed by atoms with van der Waals surface area (Å²) in [6.07, 6.45) is 0. The van der Waals surface area contributed by atoms with E-state index in [0.717, 1.165) is 6.07 Å². The highest BCUT2D eigenvalue weighted by Crippen LogP contribution is 2.24. The van der Waals surface area contributed by atoms with Crippen molar-refractivity contribution >= 4 is 5.96 Å². The van der Waals surface area contributed by atoms with Crippen molar-refractivity contribution in [1.82, 2.24) is 4.90 Å². The number of hydrogen-bond donors (Lipinski definition) is 1. The molecule has 0 aromatic heterocycles. The molecule has 1 fully saturated rings. The van der Waals surface area contributed by atoms with Gasteiger partial charge >= 0.3 is 6.61 Å². The Morgan fingerprint density at radius 2 is 2.10 bits per heavy atom. The van der Waals surface area contributed by atoms with Crippen molar-refractivity contribution in [2.75, 3.05) is 26.3 Å². The zero-order chi connectivity index (χ0) is 15.2. The van der Waals surface area contributed by atoms with Crippen LogP contribution in [0.2, 0.25) is 0 Å². The predicted octanol–water partition coefficient (Wildman–Crippen LogP) is 1.57. The van der Waals surface area contributed by atoms with Gasteiger partial charge in [0.25, 0.3) is 0 Å². The average molecular weight is 303 g/mol. The van der Waals surface area contributed by atoms with Gasteiger partial charge in [0, 0.05) is 13.1 Å². The van der Waals surface area contributed by atoms with Gasteiger partial charge in [-0.1, -0.05) is 6.07 Å². The van der Waals surface area contributed by atoms with Crippen molar-refractivity contribution < 1.29 is 22.6 Å². The van der Waals surface area contributed by atoms with Crippen LogP contribution in [0.1, 0.15) is 5.56 Å². The normalized spacial score (nSPS) is 16.4. The molecule has 0 saturated carbocycles. The van der Waals surface area contributed by atoms with Gasteiger partial charge in [-0.25, -0.2) is 9.38 Å². The highest BCUT2D eigenvalue weighted by Gasteiger charge is 2.15. The van der Waals surface area contributed by atoms with Crippen LogP contribution < -0.4 is 10.5 Å². The molecule has 1 aliphatic rings. The van der Waals surface area contributed by atoms with Gasteiger partial charge in [0.2, 0.25) is 0 Å². The molecule has 21 heavy (non-hydrogen) atoms. The summed E-state index contributed by atoms with van der Waals surface area (Å²) >= 11 is 0. The van der Waals surface area contributed by atoms with E-state index in [1.165, 1.54) is 12.1 Å². The third-order valence-electron chi connectivity index (χ3n) is 3.03. The Balaban J connectivity index is 2.11. The van der Waals surface area contributed by atoms with Gasteiger partial charge in [-0.15, -0.1) is 0 Å². The molecule has 5 nitrogen and oxygen atoms in total. The summed E-state index contributed by atoms with van der Waals surface area (Å²) in [5, 5.41) is 0. The second-order valence-corrected chi connectivity index (χ2v) is 4.37. The van der Waals surface area contributed by atoms with E-state index in [1.54, 1.807) is 4.90 Å². The first-order valence-corrected chi connectivity index (χ1v) is 6.42. The number of morpholine rings is 1. The fourth-order valence-electron chi connectivity index (χ4n) is 1.95. The monoisotopic (exact) mass is 303 g/mol. The molecule has 8 heteroatoms. The first-order valence-electron chi connectivity index (χ1n) is 6.42. The predicted molar refractivity (Wildman–Crippen MR) is 70.8 cm³/mol. The molecule has 1 aliphatic heterocycles. The summed E-state index contributed by atoms with van der Waals surface area (Å²) in [6, 6.07) is 3.73. The lowest BCUT2D eigenvalue weighted by atomic mass is 10.2. The fourth-order valence-corrected chi connectivity index (χ4v) is 1.95. The zero-order valence-electron chi connectivity index (χ0n) is 11.3. The van der Waals surface area contributed by atoms with Gasteiger partial charge in [-0.2, -0.15) is 8.78 Å². The van der Waals surface area contributed by atoms with E-state index in [4.69, 9.17) is 10.5 Å². The molecule has 116 valence electrons. The first-order chi connectivity index (χ1) is 10.1. The summed E-state index contributed by atoms with van der Waals surface area (Å²) in [4.78, 5) is 5.84. The number of halogens is 3. The van der Waals surface area contributed by atoms with Crippen LogP contribution in [-0.2, 0) is 11.3 Å². The summed E-state index contributed by atoms with van der Waals surface area (Å²) in [5.41, 5.74) is 5.76. The van der Waals surface area contributed by atoms with Crippen LogP contribution in [0.4, 0.5) is 13.2 Å². The molecule has 2 N–H and O–H groups in total. The van der Waals surface area contributed by atoms with Gasteiger partial charge in [0.1, 0.15) is 11.6 Å². The molecule has 1 heterocycles. The Labute approximate surface area is 120 Å². The molecule has 0 radical (unpaired) electrons. The van der Waals surface area contributed by atoms with Crippen molar-refractivity contribution in [1.29, 1.82) is 0 Å².